The molecule has 5 heteroatoms. The number of aldehydes is 1. The molecule has 1 aromatic rings. The molecule has 0 aromatic heterocycles. The molecule has 128 valence electrons. The summed E-state index contributed by atoms with van der Waals surface area (Å²) in [5.74, 6) is 1.15. The number of carbonyl (C=O) groups is 1. The summed E-state index contributed by atoms with van der Waals surface area (Å²) in [5.41, 5.74) is 2.62. The van der Waals surface area contributed by atoms with Gasteiger partial charge in [0.25, 0.3) is 0 Å². The maximum absolute atomic E-state index is 11.4. The SMILES string of the molecule is COCCN(C(C)C=O)C(c1ccc2c(c1)CCS2)C(C)OC. The minimum Gasteiger partial charge on any atom is -0.383 e. The molecule has 0 bridgehead atoms. The molecule has 1 heterocycles. The summed E-state index contributed by atoms with van der Waals surface area (Å²) < 4.78 is 10.9. The Morgan fingerprint density at radius 1 is 1.35 bits per heavy atom. The molecule has 4 nitrogen and oxygen atoms in total. The Labute approximate surface area is 143 Å². The minimum atomic E-state index is -0.185. The quantitative estimate of drug-likeness (QED) is 0.648. The number of nitrogens with zero attached hydrogens (tertiary/aromatic N) is 1. The largest absolute Gasteiger partial charge is 0.383 e. The van der Waals surface area contributed by atoms with E-state index in [9.17, 15) is 4.79 Å². The van der Waals surface area contributed by atoms with Gasteiger partial charge in [-0.2, -0.15) is 0 Å². The number of methoxy groups -OCH3 is 2. The number of fused-ring (bicyclic) bond motifs is 1. The highest BCUT2D eigenvalue weighted by Crippen LogP contribution is 2.35. The zero-order valence-electron chi connectivity index (χ0n) is 14.5. The number of hydrogen-bond acceptors (Lipinski definition) is 5. The van der Waals surface area contributed by atoms with Gasteiger partial charge in [0, 0.05) is 31.4 Å². The summed E-state index contributed by atoms with van der Waals surface area (Å²) in [6, 6.07) is 6.51. The van der Waals surface area contributed by atoms with Crippen LogP contribution < -0.4 is 0 Å². The molecule has 0 saturated carbocycles. The fourth-order valence-corrected chi connectivity index (χ4v) is 4.17. The van der Waals surface area contributed by atoms with Crippen LogP contribution in [0.3, 0.4) is 0 Å². The van der Waals surface area contributed by atoms with Crippen molar-refractivity contribution in [2.75, 3.05) is 33.1 Å². The molecule has 1 aliphatic rings. The smallest absolute Gasteiger partial charge is 0.136 e. The molecule has 0 aliphatic carbocycles. The molecule has 3 atom stereocenters. The van der Waals surface area contributed by atoms with Crippen LogP contribution in [0.15, 0.2) is 23.1 Å². The van der Waals surface area contributed by atoms with E-state index in [0.29, 0.717) is 13.2 Å². The van der Waals surface area contributed by atoms with E-state index in [1.165, 1.54) is 16.0 Å². The van der Waals surface area contributed by atoms with E-state index >= 15 is 0 Å². The predicted molar refractivity (Wildman–Crippen MR) is 94.2 cm³/mol. The highest BCUT2D eigenvalue weighted by Gasteiger charge is 2.30. The third-order valence-electron chi connectivity index (χ3n) is 4.50. The van der Waals surface area contributed by atoms with E-state index in [0.717, 1.165) is 18.5 Å². The summed E-state index contributed by atoms with van der Waals surface area (Å²) in [7, 11) is 3.41. The highest BCUT2D eigenvalue weighted by atomic mass is 32.2. The molecule has 0 saturated heterocycles. The van der Waals surface area contributed by atoms with Crippen LogP contribution in [0.2, 0.25) is 0 Å². The maximum Gasteiger partial charge on any atom is 0.136 e. The molecular formula is C18H27NO3S. The topological polar surface area (TPSA) is 38.8 Å². The van der Waals surface area contributed by atoms with Crippen LogP contribution in [0.1, 0.15) is 31.0 Å². The lowest BCUT2D eigenvalue weighted by Crippen LogP contribution is -2.44. The first-order valence-electron chi connectivity index (χ1n) is 8.10. The van der Waals surface area contributed by atoms with Crippen molar-refractivity contribution in [3.63, 3.8) is 0 Å². The van der Waals surface area contributed by atoms with Gasteiger partial charge in [-0.05, 0) is 37.5 Å². The van der Waals surface area contributed by atoms with E-state index in [4.69, 9.17) is 9.47 Å². The molecule has 2 rings (SSSR count). The number of aryl methyl sites for hydroxylation is 1. The molecule has 1 aromatic carbocycles. The Hall–Kier alpha value is -0.880. The highest BCUT2D eigenvalue weighted by molar-refractivity contribution is 7.99. The number of carbonyl (C=O) groups excluding carboxylic acids is 1. The van der Waals surface area contributed by atoms with Crippen molar-refractivity contribution < 1.29 is 14.3 Å². The van der Waals surface area contributed by atoms with E-state index in [1.807, 2.05) is 18.7 Å². The molecular weight excluding hydrogens is 310 g/mol. The predicted octanol–water partition coefficient (Wildman–Crippen LogP) is 2.95. The normalized spacial score (nSPS) is 17.8. The lowest BCUT2D eigenvalue weighted by molar-refractivity contribution is -0.114. The third-order valence-corrected chi connectivity index (χ3v) is 5.62. The Morgan fingerprint density at radius 3 is 2.78 bits per heavy atom. The molecule has 0 N–H and O–H groups in total. The van der Waals surface area contributed by atoms with Crippen molar-refractivity contribution in [3.8, 4) is 0 Å². The second kappa shape index (κ2) is 8.83. The summed E-state index contributed by atoms with van der Waals surface area (Å²) in [5, 5.41) is 0. The first kappa shape index (κ1) is 18.5. The van der Waals surface area contributed by atoms with Crippen LogP contribution in [-0.2, 0) is 20.7 Å². The lowest BCUT2D eigenvalue weighted by Gasteiger charge is -2.37. The standard InChI is InChI=1S/C18H27NO3S/c1-13(12-20)19(8-9-21-3)18(14(2)22-4)16-5-6-17-15(11-16)7-10-23-17/h5-6,11-14,18H,7-10H2,1-4H3. The fraction of sp³-hybridized carbons (Fsp3) is 0.611. The monoisotopic (exact) mass is 337 g/mol. The van der Waals surface area contributed by atoms with Crippen LogP contribution in [0.25, 0.3) is 0 Å². The van der Waals surface area contributed by atoms with Crippen LogP contribution in [0.4, 0.5) is 0 Å². The Balaban J connectivity index is 2.35. The first-order valence-corrected chi connectivity index (χ1v) is 9.09. The van der Waals surface area contributed by atoms with Gasteiger partial charge < -0.3 is 14.3 Å². The van der Waals surface area contributed by atoms with Crippen molar-refractivity contribution in [2.45, 2.75) is 43.4 Å². The molecule has 23 heavy (non-hydrogen) atoms. The molecule has 0 fully saturated rings. The summed E-state index contributed by atoms with van der Waals surface area (Å²) in [4.78, 5) is 15.0. The molecule has 1 aliphatic heterocycles. The van der Waals surface area contributed by atoms with Crippen molar-refractivity contribution in [2.24, 2.45) is 0 Å². The van der Waals surface area contributed by atoms with Gasteiger partial charge >= 0.3 is 0 Å². The van der Waals surface area contributed by atoms with Gasteiger partial charge in [0.1, 0.15) is 6.29 Å². The minimum absolute atomic E-state index is 0.0126. The molecule has 3 unspecified atom stereocenters. The van der Waals surface area contributed by atoms with Crippen molar-refractivity contribution in [1.82, 2.24) is 4.90 Å². The molecule has 0 spiro atoms. The third kappa shape index (κ3) is 4.35. The number of benzene rings is 1. The molecule has 0 amide bonds. The van der Waals surface area contributed by atoms with Gasteiger partial charge in [-0.25, -0.2) is 0 Å². The van der Waals surface area contributed by atoms with E-state index in [1.54, 1.807) is 14.2 Å². The summed E-state index contributed by atoms with van der Waals surface area (Å²) in [6.45, 7) is 5.28. The maximum atomic E-state index is 11.4. The number of ether oxygens (including phenoxy) is 2. The Kier molecular flexibility index (Phi) is 7.09. The van der Waals surface area contributed by atoms with Gasteiger partial charge in [-0.3, -0.25) is 4.90 Å². The molecule has 0 radical (unpaired) electrons. The second-order valence-corrected chi connectivity index (χ2v) is 7.10. The van der Waals surface area contributed by atoms with Gasteiger partial charge in [0.05, 0.1) is 24.8 Å². The van der Waals surface area contributed by atoms with Crippen LogP contribution >= 0.6 is 11.8 Å². The van der Waals surface area contributed by atoms with Gasteiger partial charge in [-0.1, -0.05) is 12.1 Å². The van der Waals surface area contributed by atoms with Gasteiger partial charge in [0.15, 0.2) is 0 Å². The van der Waals surface area contributed by atoms with Crippen LogP contribution in [-0.4, -0.2) is 56.5 Å². The van der Waals surface area contributed by atoms with E-state index < -0.39 is 0 Å². The van der Waals surface area contributed by atoms with E-state index in [2.05, 4.69) is 30.0 Å². The Morgan fingerprint density at radius 2 is 2.13 bits per heavy atom. The Bertz CT molecular complexity index is 523. The van der Waals surface area contributed by atoms with Crippen molar-refractivity contribution >= 4 is 18.0 Å². The number of rotatable bonds is 9. The fourth-order valence-electron chi connectivity index (χ4n) is 3.12. The summed E-state index contributed by atoms with van der Waals surface area (Å²) in [6.07, 6.45) is 2.10. The second-order valence-electron chi connectivity index (χ2n) is 5.96. The van der Waals surface area contributed by atoms with Crippen LogP contribution in [0, 0.1) is 0 Å². The number of hydrogen-bond donors (Lipinski definition) is 0. The zero-order valence-corrected chi connectivity index (χ0v) is 15.3. The van der Waals surface area contributed by atoms with Crippen LogP contribution in [0.5, 0.6) is 0 Å². The van der Waals surface area contributed by atoms with Gasteiger partial charge in [-0.15, -0.1) is 11.8 Å². The van der Waals surface area contributed by atoms with Crippen molar-refractivity contribution in [1.29, 1.82) is 0 Å². The lowest BCUT2D eigenvalue weighted by atomic mass is 9.96. The number of thioether (sulfide) groups is 1. The van der Waals surface area contributed by atoms with Crippen molar-refractivity contribution in [3.05, 3.63) is 29.3 Å². The van der Waals surface area contributed by atoms with Gasteiger partial charge in [0.2, 0.25) is 0 Å². The summed E-state index contributed by atoms with van der Waals surface area (Å²) >= 11 is 1.91. The zero-order chi connectivity index (χ0) is 16.8. The average molecular weight is 337 g/mol. The average Bonchev–Trinajstić information content (AvgIpc) is 3.04. The first-order chi connectivity index (χ1) is 11.1. The van der Waals surface area contributed by atoms with E-state index in [-0.39, 0.29) is 18.2 Å².